The Kier molecular flexibility index (Phi) is 8.24. The van der Waals surface area contributed by atoms with E-state index in [-0.39, 0.29) is 16.4 Å². The van der Waals surface area contributed by atoms with Crippen molar-refractivity contribution in [2.45, 2.75) is 18.2 Å². The molecule has 0 aliphatic heterocycles. The SMILES string of the molecule is Cc1ccc(C(=O)N(C)CCCOc2cccc(S(C)(=O)=O)c2)cc1NC(=O)c1ccccc1F. The molecule has 0 aliphatic rings. The third kappa shape index (κ3) is 6.89. The summed E-state index contributed by atoms with van der Waals surface area (Å²) in [5, 5.41) is 2.67. The molecular weight excluding hydrogens is 471 g/mol. The van der Waals surface area contributed by atoms with E-state index in [2.05, 4.69) is 5.32 Å². The van der Waals surface area contributed by atoms with Crippen LogP contribution in [0.2, 0.25) is 0 Å². The van der Waals surface area contributed by atoms with E-state index in [0.29, 0.717) is 36.6 Å². The minimum Gasteiger partial charge on any atom is -0.493 e. The number of halogens is 1. The zero-order chi connectivity index (χ0) is 25.6. The predicted molar refractivity (Wildman–Crippen MR) is 132 cm³/mol. The monoisotopic (exact) mass is 498 g/mol. The number of nitrogens with one attached hydrogen (secondary N) is 1. The van der Waals surface area contributed by atoms with Gasteiger partial charge in [-0.2, -0.15) is 0 Å². The average Bonchev–Trinajstić information content (AvgIpc) is 2.82. The molecule has 0 aromatic heterocycles. The van der Waals surface area contributed by atoms with Gasteiger partial charge in [0.2, 0.25) is 0 Å². The van der Waals surface area contributed by atoms with Gasteiger partial charge < -0.3 is 15.0 Å². The fourth-order valence-electron chi connectivity index (χ4n) is 3.33. The summed E-state index contributed by atoms with van der Waals surface area (Å²) < 4.78 is 42.9. The lowest BCUT2D eigenvalue weighted by Gasteiger charge is -2.18. The number of hydrogen-bond donors (Lipinski definition) is 1. The number of benzene rings is 3. The third-order valence-corrected chi connectivity index (χ3v) is 6.45. The molecule has 0 unspecified atom stereocenters. The summed E-state index contributed by atoms with van der Waals surface area (Å²) in [4.78, 5) is 27.1. The fraction of sp³-hybridized carbons (Fsp3) is 0.231. The van der Waals surface area contributed by atoms with Crippen LogP contribution in [0.25, 0.3) is 0 Å². The van der Waals surface area contributed by atoms with E-state index < -0.39 is 21.6 Å². The highest BCUT2D eigenvalue weighted by Crippen LogP contribution is 2.20. The highest BCUT2D eigenvalue weighted by Gasteiger charge is 2.16. The normalized spacial score (nSPS) is 11.1. The molecule has 0 spiro atoms. The second-order valence-electron chi connectivity index (χ2n) is 8.14. The van der Waals surface area contributed by atoms with Gasteiger partial charge in [0.05, 0.1) is 17.1 Å². The van der Waals surface area contributed by atoms with Gasteiger partial charge in [-0.1, -0.05) is 24.3 Å². The van der Waals surface area contributed by atoms with Gasteiger partial charge in [0.1, 0.15) is 11.6 Å². The summed E-state index contributed by atoms with van der Waals surface area (Å²) in [6.07, 6.45) is 1.66. The van der Waals surface area contributed by atoms with Crippen LogP contribution in [0.4, 0.5) is 10.1 Å². The van der Waals surface area contributed by atoms with Gasteiger partial charge in [0.15, 0.2) is 9.84 Å². The molecular formula is C26H27FN2O5S. The van der Waals surface area contributed by atoms with Gasteiger partial charge >= 0.3 is 0 Å². The molecule has 3 aromatic carbocycles. The van der Waals surface area contributed by atoms with E-state index in [1.807, 2.05) is 0 Å². The number of ether oxygens (including phenoxy) is 1. The third-order valence-electron chi connectivity index (χ3n) is 5.34. The molecule has 1 N–H and O–H groups in total. The van der Waals surface area contributed by atoms with Crippen LogP contribution < -0.4 is 10.1 Å². The number of hydrogen-bond acceptors (Lipinski definition) is 5. The largest absolute Gasteiger partial charge is 0.493 e. The van der Waals surface area contributed by atoms with Crippen LogP contribution in [0.3, 0.4) is 0 Å². The van der Waals surface area contributed by atoms with Crippen LogP contribution in [0, 0.1) is 12.7 Å². The minimum atomic E-state index is -3.32. The Labute approximate surface area is 204 Å². The molecule has 9 heteroatoms. The second-order valence-corrected chi connectivity index (χ2v) is 10.2. The van der Waals surface area contributed by atoms with Crippen molar-refractivity contribution in [3.05, 3.63) is 89.2 Å². The zero-order valence-electron chi connectivity index (χ0n) is 19.7. The second kappa shape index (κ2) is 11.1. The van der Waals surface area contributed by atoms with Crippen LogP contribution in [0.1, 0.15) is 32.7 Å². The van der Waals surface area contributed by atoms with Crippen molar-refractivity contribution in [1.29, 1.82) is 0 Å². The fourth-order valence-corrected chi connectivity index (χ4v) is 3.99. The van der Waals surface area contributed by atoms with Gasteiger partial charge in [-0.3, -0.25) is 9.59 Å². The molecule has 0 bridgehead atoms. The van der Waals surface area contributed by atoms with E-state index in [1.54, 1.807) is 50.4 Å². The summed E-state index contributed by atoms with van der Waals surface area (Å²) in [5.74, 6) is -1.03. The van der Waals surface area contributed by atoms with Crippen molar-refractivity contribution in [3.63, 3.8) is 0 Å². The van der Waals surface area contributed by atoms with Gasteiger partial charge in [-0.05, 0) is 61.4 Å². The Balaban J connectivity index is 1.58. The summed E-state index contributed by atoms with van der Waals surface area (Å²) in [6, 6.07) is 16.9. The van der Waals surface area contributed by atoms with Gasteiger partial charge in [0.25, 0.3) is 11.8 Å². The smallest absolute Gasteiger partial charge is 0.258 e. The summed E-state index contributed by atoms with van der Waals surface area (Å²) in [5.41, 5.74) is 1.46. The van der Waals surface area contributed by atoms with Gasteiger partial charge in [-0.25, -0.2) is 12.8 Å². The molecule has 0 aliphatic carbocycles. The molecule has 0 fully saturated rings. The Bertz CT molecular complexity index is 1340. The average molecular weight is 499 g/mol. The molecule has 3 rings (SSSR count). The van der Waals surface area contributed by atoms with Crippen LogP contribution in [0.5, 0.6) is 5.75 Å². The minimum absolute atomic E-state index is 0.0807. The van der Waals surface area contributed by atoms with Crippen molar-refractivity contribution in [3.8, 4) is 5.75 Å². The molecule has 0 saturated carbocycles. The van der Waals surface area contributed by atoms with Gasteiger partial charge in [0, 0.05) is 31.1 Å². The lowest BCUT2D eigenvalue weighted by molar-refractivity contribution is 0.0787. The van der Waals surface area contributed by atoms with E-state index in [0.717, 1.165) is 11.8 Å². The van der Waals surface area contributed by atoms with Crippen molar-refractivity contribution in [2.75, 3.05) is 31.8 Å². The van der Waals surface area contributed by atoms with Crippen LogP contribution in [-0.4, -0.2) is 51.6 Å². The standard InChI is InChI=1S/C26H27FN2O5S/c1-18-12-13-19(16-24(18)28-25(30)22-10-4-5-11-23(22)27)26(31)29(2)14-7-15-34-20-8-6-9-21(17-20)35(3,32)33/h4-6,8-13,16-17H,7,14-15H2,1-3H3,(H,28,30). The highest BCUT2D eigenvalue weighted by molar-refractivity contribution is 7.90. The number of amides is 2. The Hall–Kier alpha value is -3.72. The molecule has 2 amide bonds. The molecule has 184 valence electrons. The van der Waals surface area contributed by atoms with E-state index >= 15 is 0 Å². The molecule has 0 atom stereocenters. The van der Waals surface area contributed by atoms with Gasteiger partial charge in [-0.15, -0.1) is 0 Å². The van der Waals surface area contributed by atoms with Crippen molar-refractivity contribution >= 4 is 27.3 Å². The maximum absolute atomic E-state index is 13.9. The lowest BCUT2D eigenvalue weighted by Crippen LogP contribution is -2.28. The zero-order valence-corrected chi connectivity index (χ0v) is 20.6. The quantitative estimate of drug-likeness (QED) is 0.444. The maximum atomic E-state index is 13.9. The number of rotatable bonds is 9. The first-order chi connectivity index (χ1) is 16.6. The number of carbonyl (C=O) groups excluding carboxylic acids is 2. The highest BCUT2D eigenvalue weighted by atomic mass is 32.2. The van der Waals surface area contributed by atoms with E-state index in [9.17, 15) is 22.4 Å². The Morgan fingerprint density at radius 3 is 2.49 bits per heavy atom. The van der Waals surface area contributed by atoms with Crippen molar-refractivity contribution in [1.82, 2.24) is 4.90 Å². The first-order valence-electron chi connectivity index (χ1n) is 10.9. The summed E-state index contributed by atoms with van der Waals surface area (Å²) in [7, 11) is -1.66. The van der Waals surface area contributed by atoms with Crippen LogP contribution in [-0.2, 0) is 9.84 Å². The molecule has 0 heterocycles. The summed E-state index contributed by atoms with van der Waals surface area (Å²) >= 11 is 0. The van der Waals surface area contributed by atoms with Crippen molar-refractivity contribution < 1.29 is 27.1 Å². The van der Waals surface area contributed by atoms with Crippen molar-refractivity contribution in [2.24, 2.45) is 0 Å². The summed E-state index contributed by atoms with van der Waals surface area (Å²) in [6.45, 7) is 2.48. The Morgan fingerprint density at radius 2 is 1.77 bits per heavy atom. The van der Waals surface area contributed by atoms with Crippen LogP contribution >= 0.6 is 0 Å². The Morgan fingerprint density at radius 1 is 1.03 bits per heavy atom. The maximum Gasteiger partial charge on any atom is 0.258 e. The number of carbonyl (C=O) groups is 2. The van der Waals surface area contributed by atoms with E-state index in [1.165, 1.54) is 35.2 Å². The number of aryl methyl sites for hydroxylation is 1. The number of sulfone groups is 1. The first-order valence-corrected chi connectivity index (χ1v) is 12.8. The van der Waals surface area contributed by atoms with Crippen LogP contribution in [0.15, 0.2) is 71.6 Å². The lowest BCUT2D eigenvalue weighted by atomic mass is 10.1. The first kappa shape index (κ1) is 25.9. The molecule has 3 aromatic rings. The van der Waals surface area contributed by atoms with E-state index in [4.69, 9.17) is 4.74 Å². The number of nitrogens with zero attached hydrogens (tertiary/aromatic N) is 1. The topological polar surface area (TPSA) is 92.8 Å². The molecule has 0 radical (unpaired) electrons. The number of anilines is 1. The molecule has 35 heavy (non-hydrogen) atoms. The molecule has 0 saturated heterocycles. The molecule has 7 nitrogen and oxygen atoms in total. The predicted octanol–water partition coefficient (Wildman–Crippen LogP) is 4.33.